The van der Waals surface area contributed by atoms with Gasteiger partial charge in [0.1, 0.15) is 12.2 Å². The molecule has 1 aliphatic heterocycles. The Morgan fingerprint density at radius 3 is 2.88 bits per heavy atom. The summed E-state index contributed by atoms with van der Waals surface area (Å²) in [6, 6.07) is 2.16. The molecule has 1 N–H and O–H groups in total. The fourth-order valence-corrected chi connectivity index (χ4v) is 1.69. The lowest BCUT2D eigenvalue weighted by atomic mass is 10.2. The zero-order valence-electron chi connectivity index (χ0n) is 9.59. The third kappa shape index (κ3) is 2.90. The highest BCUT2D eigenvalue weighted by molar-refractivity contribution is 4.95. The minimum atomic E-state index is -0.0577. The van der Waals surface area contributed by atoms with Crippen LogP contribution in [-0.4, -0.2) is 41.4 Å². The monoisotopic (exact) mass is 223 g/mol. The van der Waals surface area contributed by atoms with E-state index in [0.717, 1.165) is 13.1 Å². The van der Waals surface area contributed by atoms with E-state index < -0.39 is 0 Å². The van der Waals surface area contributed by atoms with Gasteiger partial charge in [0.05, 0.1) is 6.10 Å². The summed E-state index contributed by atoms with van der Waals surface area (Å²) in [5.74, 6) is 0. The van der Waals surface area contributed by atoms with Gasteiger partial charge in [-0.3, -0.25) is 0 Å². The molecule has 1 aromatic heterocycles. The maximum atomic E-state index is 5.78. The molecule has 0 radical (unpaired) electrons. The molecule has 0 bridgehead atoms. The van der Waals surface area contributed by atoms with Crippen LogP contribution in [0.1, 0.15) is 13.8 Å². The Balaban J connectivity index is 1.90. The molecule has 0 unspecified atom stereocenters. The minimum Gasteiger partial charge on any atom is -0.458 e. The zero-order chi connectivity index (χ0) is 11.4. The fraction of sp³-hybridized carbons (Fsp3) is 0.636. The Bertz CT molecular complexity index is 320. The highest BCUT2D eigenvalue weighted by Crippen LogP contribution is 2.11. The Morgan fingerprint density at radius 1 is 1.44 bits per heavy atom. The Kier molecular flexibility index (Phi) is 3.69. The zero-order valence-corrected chi connectivity index (χ0v) is 9.59. The third-order valence-electron chi connectivity index (χ3n) is 2.54. The SMILES string of the molecule is C[C@@H]1CNC[C@H]([C@H](C)Oc2ncccn2)O1. The Labute approximate surface area is 95.2 Å². The normalized spacial score (nSPS) is 27.4. The number of ether oxygens (including phenoxy) is 2. The molecule has 5 heteroatoms. The number of nitrogens with one attached hydrogen (secondary N) is 1. The largest absolute Gasteiger partial charge is 0.458 e. The second kappa shape index (κ2) is 5.23. The molecule has 5 nitrogen and oxygen atoms in total. The van der Waals surface area contributed by atoms with Gasteiger partial charge < -0.3 is 14.8 Å². The number of nitrogens with zero attached hydrogens (tertiary/aromatic N) is 2. The van der Waals surface area contributed by atoms with Gasteiger partial charge in [-0.05, 0) is 19.9 Å². The highest BCUT2D eigenvalue weighted by atomic mass is 16.6. The number of morpholine rings is 1. The molecule has 1 saturated heterocycles. The van der Waals surface area contributed by atoms with Crippen LogP contribution in [0.3, 0.4) is 0 Å². The van der Waals surface area contributed by atoms with E-state index in [0.29, 0.717) is 6.01 Å². The Morgan fingerprint density at radius 2 is 2.19 bits per heavy atom. The molecule has 0 saturated carbocycles. The predicted molar refractivity (Wildman–Crippen MR) is 59.3 cm³/mol. The molecule has 0 spiro atoms. The molecule has 1 fully saturated rings. The number of hydrogen-bond donors (Lipinski definition) is 1. The number of hydrogen-bond acceptors (Lipinski definition) is 5. The van der Waals surface area contributed by atoms with Crippen LogP contribution in [-0.2, 0) is 4.74 Å². The Hall–Kier alpha value is -1.20. The fourth-order valence-electron chi connectivity index (χ4n) is 1.69. The van der Waals surface area contributed by atoms with E-state index in [9.17, 15) is 0 Å². The van der Waals surface area contributed by atoms with E-state index in [1.807, 2.05) is 13.8 Å². The van der Waals surface area contributed by atoms with Crippen molar-refractivity contribution in [3.63, 3.8) is 0 Å². The molecule has 2 heterocycles. The first-order valence-electron chi connectivity index (χ1n) is 5.55. The molecule has 2 rings (SSSR count). The van der Waals surface area contributed by atoms with Crippen molar-refractivity contribution in [2.24, 2.45) is 0 Å². The maximum Gasteiger partial charge on any atom is 0.316 e. The smallest absolute Gasteiger partial charge is 0.316 e. The van der Waals surface area contributed by atoms with E-state index in [1.54, 1.807) is 18.5 Å². The molecule has 1 aromatic rings. The molecule has 0 amide bonds. The predicted octanol–water partition coefficient (Wildman–Crippen LogP) is 0.621. The van der Waals surface area contributed by atoms with Crippen LogP contribution in [0, 0.1) is 0 Å². The van der Waals surface area contributed by atoms with Gasteiger partial charge in [0.2, 0.25) is 0 Å². The van der Waals surface area contributed by atoms with E-state index in [1.165, 1.54) is 0 Å². The van der Waals surface area contributed by atoms with E-state index >= 15 is 0 Å². The minimum absolute atomic E-state index is 0.0487. The van der Waals surface area contributed by atoms with Crippen molar-refractivity contribution in [1.82, 2.24) is 15.3 Å². The molecule has 88 valence electrons. The quantitative estimate of drug-likeness (QED) is 0.814. The van der Waals surface area contributed by atoms with Gasteiger partial charge in [-0.15, -0.1) is 0 Å². The van der Waals surface area contributed by atoms with Crippen LogP contribution >= 0.6 is 0 Å². The van der Waals surface area contributed by atoms with Crippen molar-refractivity contribution >= 4 is 0 Å². The molecule has 3 atom stereocenters. The van der Waals surface area contributed by atoms with Crippen molar-refractivity contribution in [3.05, 3.63) is 18.5 Å². The van der Waals surface area contributed by atoms with Gasteiger partial charge in [-0.2, -0.15) is 0 Å². The number of aromatic nitrogens is 2. The van der Waals surface area contributed by atoms with Crippen molar-refractivity contribution < 1.29 is 9.47 Å². The standard InChI is InChI=1S/C11H17N3O2/c1-8-6-12-7-10(15-8)9(2)16-11-13-4-3-5-14-11/h3-5,8-10,12H,6-7H2,1-2H3/t8-,9+,10-/m1/s1. The number of rotatable bonds is 3. The van der Waals surface area contributed by atoms with Crippen molar-refractivity contribution in [3.8, 4) is 6.01 Å². The van der Waals surface area contributed by atoms with Gasteiger partial charge >= 0.3 is 6.01 Å². The topological polar surface area (TPSA) is 56.3 Å². The van der Waals surface area contributed by atoms with E-state index in [2.05, 4.69) is 15.3 Å². The summed E-state index contributed by atoms with van der Waals surface area (Å²) in [6.45, 7) is 5.72. The second-order valence-electron chi connectivity index (χ2n) is 4.00. The first-order valence-corrected chi connectivity index (χ1v) is 5.55. The lowest BCUT2D eigenvalue weighted by molar-refractivity contribution is -0.0765. The molecular formula is C11H17N3O2. The molecule has 1 aliphatic rings. The van der Waals surface area contributed by atoms with Gasteiger partial charge in [0.25, 0.3) is 0 Å². The summed E-state index contributed by atoms with van der Waals surface area (Å²) >= 11 is 0. The summed E-state index contributed by atoms with van der Waals surface area (Å²) in [5, 5.41) is 3.31. The summed E-state index contributed by atoms with van der Waals surface area (Å²) in [4.78, 5) is 8.05. The van der Waals surface area contributed by atoms with Gasteiger partial charge in [-0.1, -0.05) is 0 Å². The third-order valence-corrected chi connectivity index (χ3v) is 2.54. The molecule has 0 aromatic carbocycles. The summed E-state index contributed by atoms with van der Waals surface area (Å²) in [5.41, 5.74) is 0. The van der Waals surface area contributed by atoms with Crippen LogP contribution in [0.4, 0.5) is 0 Å². The maximum absolute atomic E-state index is 5.78. The van der Waals surface area contributed by atoms with Crippen molar-refractivity contribution in [2.45, 2.75) is 32.2 Å². The van der Waals surface area contributed by atoms with Crippen LogP contribution < -0.4 is 10.1 Å². The summed E-state index contributed by atoms with van der Waals surface area (Å²) < 4.78 is 11.4. The summed E-state index contributed by atoms with van der Waals surface area (Å²) in [7, 11) is 0. The molecule has 0 aliphatic carbocycles. The summed E-state index contributed by atoms with van der Waals surface area (Å²) in [6.07, 6.45) is 3.54. The molecular weight excluding hydrogens is 206 g/mol. The van der Waals surface area contributed by atoms with E-state index in [4.69, 9.17) is 9.47 Å². The van der Waals surface area contributed by atoms with Crippen LogP contribution in [0.25, 0.3) is 0 Å². The van der Waals surface area contributed by atoms with Crippen LogP contribution in [0.5, 0.6) is 6.01 Å². The highest BCUT2D eigenvalue weighted by Gasteiger charge is 2.25. The molecule has 16 heavy (non-hydrogen) atoms. The second-order valence-corrected chi connectivity index (χ2v) is 4.00. The van der Waals surface area contributed by atoms with Crippen LogP contribution in [0.2, 0.25) is 0 Å². The average Bonchev–Trinajstić information content (AvgIpc) is 2.30. The first-order chi connectivity index (χ1) is 7.75. The van der Waals surface area contributed by atoms with Crippen LogP contribution in [0.15, 0.2) is 18.5 Å². The van der Waals surface area contributed by atoms with Gasteiger partial charge in [-0.25, -0.2) is 9.97 Å². The van der Waals surface area contributed by atoms with Gasteiger partial charge in [0, 0.05) is 25.5 Å². The lowest BCUT2D eigenvalue weighted by Gasteiger charge is -2.32. The average molecular weight is 223 g/mol. The van der Waals surface area contributed by atoms with E-state index in [-0.39, 0.29) is 18.3 Å². The van der Waals surface area contributed by atoms with Crippen molar-refractivity contribution in [1.29, 1.82) is 0 Å². The van der Waals surface area contributed by atoms with Crippen molar-refractivity contribution in [2.75, 3.05) is 13.1 Å². The van der Waals surface area contributed by atoms with Gasteiger partial charge in [0.15, 0.2) is 0 Å². The lowest BCUT2D eigenvalue weighted by Crippen LogP contribution is -2.49. The first kappa shape index (κ1) is 11.3.